The van der Waals surface area contributed by atoms with E-state index in [1.807, 2.05) is 43.3 Å². The molecule has 0 spiro atoms. The molecule has 34 heavy (non-hydrogen) atoms. The molecule has 1 aliphatic heterocycles. The maximum Gasteiger partial charge on any atom is 0.251 e. The maximum atomic E-state index is 13.9. The van der Waals surface area contributed by atoms with Crippen molar-refractivity contribution in [1.29, 1.82) is 0 Å². The zero-order valence-corrected chi connectivity index (χ0v) is 19.1. The van der Waals surface area contributed by atoms with Gasteiger partial charge in [0.05, 0.1) is 29.9 Å². The van der Waals surface area contributed by atoms with Crippen molar-refractivity contribution in [3.63, 3.8) is 0 Å². The van der Waals surface area contributed by atoms with Gasteiger partial charge in [-0.3, -0.25) is 14.8 Å². The first-order valence-electron chi connectivity index (χ1n) is 10.8. The van der Waals surface area contributed by atoms with Gasteiger partial charge in [0.2, 0.25) is 0 Å². The summed E-state index contributed by atoms with van der Waals surface area (Å²) in [7, 11) is 0. The van der Waals surface area contributed by atoms with Crippen LogP contribution in [0.3, 0.4) is 0 Å². The van der Waals surface area contributed by atoms with Gasteiger partial charge >= 0.3 is 0 Å². The highest BCUT2D eigenvalue weighted by Crippen LogP contribution is 2.29. The molecule has 0 amide bonds. The van der Waals surface area contributed by atoms with Crippen molar-refractivity contribution in [3.8, 4) is 11.1 Å². The Morgan fingerprint density at radius 3 is 2.62 bits per heavy atom. The minimum absolute atomic E-state index is 0.00965. The van der Waals surface area contributed by atoms with E-state index in [1.165, 1.54) is 22.8 Å². The molecule has 0 saturated heterocycles. The molecule has 1 N–H and O–H groups in total. The molecule has 0 saturated carbocycles. The summed E-state index contributed by atoms with van der Waals surface area (Å²) in [6.45, 7) is 2.21. The number of halogens is 2. The lowest BCUT2D eigenvalue weighted by atomic mass is 9.95. The highest BCUT2D eigenvalue weighted by molar-refractivity contribution is 6.30. The Morgan fingerprint density at radius 1 is 1.06 bits per heavy atom. The first-order valence-corrected chi connectivity index (χ1v) is 11.2. The molecule has 0 bridgehead atoms. The van der Waals surface area contributed by atoms with E-state index in [2.05, 4.69) is 4.98 Å². The van der Waals surface area contributed by atoms with E-state index in [4.69, 9.17) is 16.6 Å². The number of nitrogens with zero attached hydrogens (tertiary/aromatic N) is 3. The maximum absolute atomic E-state index is 13.9. The number of aliphatic hydroxyl groups excluding tert-OH is 1. The van der Waals surface area contributed by atoms with Crippen LogP contribution < -0.4 is 5.56 Å². The summed E-state index contributed by atoms with van der Waals surface area (Å²) in [5.41, 5.74) is 6.83. The monoisotopic (exact) mass is 473 g/mol. The van der Waals surface area contributed by atoms with Crippen LogP contribution in [0, 0.1) is 12.7 Å². The molecule has 2 aromatic carbocycles. The first-order chi connectivity index (χ1) is 16.4. The fourth-order valence-electron chi connectivity index (χ4n) is 4.30. The van der Waals surface area contributed by atoms with E-state index in [1.54, 1.807) is 18.5 Å². The normalized spacial score (nSPS) is 13.5. The van der Waals surface area contributed by atoms with E-state index in [-0.39, 0.29) is 17.2 Å². The van der Waals surface area contributed by atoms with Gasteiger partial charge in [-0.2, -0.15) is 0 Å². The second kappa shape index (κ2) is 8.97. The van der Waals surface area contributed by atoms with Crippen molar-refractivity contribution in [2.24, 2.45) is 4.99 Å². The molecule has 1 atom stereocenters. The SMILES string of the molecule is Cc1cc(C2=NCc3ccc(-c4ccn([C@H](CO)c5ccc(Cl)c(F)c5)c(=O)c4)cc32)ccn1. The zero-order valence-electron chi connectivity index (χ0n) is 18.4. The highest BCUT2D eigenvalue weighted by atomic mass is 35.5. The topological polar surface area (TPSA) is 67.5 Å². The van der Waals surface area contributed by atoms with Gasteiger partial charge in [-0.1, -0.05) is 29.8 Å². The number of aliphatic imine (C=N–C) groups is 1. The Labute approximate surface area is 200 Å². The van der Waals surface area contributed by atoms with Gasteiger partial charge in [0.15, 0.2) is 0 Å². The zero-order chi connectivity index (χ0) is 23.8. The van der Waals surface area contributed by atoms with E-state index in [0.717, 1.165) is 39.2 Å². The lowest BCUT2D eigenvalue weighted by Crippen LogP contribution is -2.26. The largest absolute Gasteiger partial charge is 0.394 e. The predicted octanol–water partition coefficient (Wildman–Crippen LogP) is 4.94. The molecule has 2 aromatic heterocycles. The van der Waals surface area contributed by atoms with Crippen molar-refractivity contribution in [2.75, 3.05) is 6.61 Å². The van der Waals surface area contributed by atoms with Crippen LogP contribution in [0.2, 0.25) is 5.02 Å². The Bertz CT molecular complexity index is 1500. The lowest BCUT2D eigenvalue weighted by Gasteiger charge is -2.19. The summed E-state index contributed by atoms with van der Waals surface area (Å²) >= 11 is 5.77. The molecule has 170 valence electrons. The van der Waals surface area contributed by atoms with Gasteiger partial charge in [-0.15, -0.1) is 0 Å². The van der Waals surface area contributed by atoms with Crippen LogP contribution in [0.4, 0.5) is 4.39 Å². The predicted molar refractivity (Wildman–Crippen MR) is 131 cm³/mol. The number of hydrogen-bond acceptors (Lipinski definition) is 4. The number of pyridine rings is 2. The molecule has 4 aromatic rings. The molecule has 0 unspecified atom stereocenters. The summed E-state index contributed by atoms with van der Waals surface area (Å²) in [6, 6.07) is 16.9. The third kappa shape index (κ3) is 4.06. The summed E-state index contributed by atoms with van der Waals surface area (Å²) in [5, 5.41) is 9.92. The van der Waals surface area contributed by atoms with Crippen molar-refractivity contribution in [1.82, 2.24) is 9.55 Å². The average Bonchev–Trinajstić information content (AvgIpc) is 3.26. The highest BCUT2D eigenvalue weighted by Gasteiger charge is 2.20. The summed E-state index contributed by atoms with van der Waals surface area (Å²) in [5.74, 6) is -0.595. The molecular weight excluding hydrogens is 453 g/mol. The van der Waals surface area contributed by atoms with Crippen molar-refractivity contribution in [3.05, 3.63) is 122 Å². The molecule has 5 rings (SSSR count). The molecular formula is C27H21ClFN3O2. The van der Waals surface area contributed by atoms with Gasteiger partial charge in [0, 0.05) is 35.3 Å². The van der Waals surface area contributed by atoms with Crippen LogP contribution >= 0.6 is 11.6 Å². The first kappa shape index (κ1) is 22.2. The molecule has 1 aliphatic rings. The number of aromatic nitrogens is 2. The molecule has 7 heteroatoms. The second-order valence-electron chi connectivity index (χ2n) is 8.26. The number of aliphatic hydroxyl groups is 1. The van der Waals surface area contributed by atoms with Gasteiger partial charge in [-0.25, -0.2) is 4.39 Å². The minimum Gasteiger partial charge on any atom is -0.394 e. The van der Waals surface area contributed by atoms with Crippen molar-refractivity contribution < 1.29 is 9.50 Å². The quantitative estimate of drug-likeness (QED) is 0.446. The number of benzene rings is 2. The van der Waals surface area contributed by atoms with Crippen LogP contribution in [0.5, 0.6) is 0 Å². The lowest BCUT2D eigenvalue weighted by molar-refractivity contribution is 0.247. The molecule has 0 radical (unpaired) electrons. The second-order valence-corrected chi connectivity index (χ2v) is 8.66. The minimum atomic E-state index is -0.720. The smallest absolute Gasteiger partial charge is 0.251 e. The van der Waals surface area contributed by atoms with E-state index in [0.29, 0.717) is 12.1 Å². The van der Waals surface area contributed by atoms with Crippen LogP contribution in [0.1, 0.15) is 34.0 Å². The van der Waals surface area contributed by atoms with E-state index < -0.39 is 11.9 Å². The van der Waals surface area contributed by atoms with Gasteiger partial charge < -0.3 is 9.67 Å². The molecule has 3 heterocycles. The van der Waals surface area contributed by atoms with Gasteiger partial charge in [-0.05, 0) is 65.6 Å². The van der Waals surface area contributed by atoms with Gasteiger partial charge in [0.1, 0.15) is 5.82 Å². The number of fused-ring (bicyclic) bond motifs is 1. The third-order valence-electron chi connectivity index (χ3n) is 6.06. The fourth-order valence-corrected chi connectivity index (χ4v) is 4.42. The van der Waals surface area contributed by atoms with Crippen LogP contribution in [-0.4, -0.2) is 27.0 Å². The molecule has 5 nitrogen and oxygen atoms in total. The van der Waals surface area contributed by atoms with Crippen LogP contribution in [0.25, 0.3) is 11.1 Å². The van der Waals surface area contributed by atoms with Gasteiger partial charge in [0.25, 0.3) is 5.56 Å². The summed E-state index contributed by atoms with van der Waals surface area (Å²) in [4.78, 5) is 22.0. The Kier molecular flexibility index (Phi) is 5.86. The van der Waals surface area contributed by atoms with Crippen LogP contribution in [-0.2, 0) is 6.54 Å². The Hall–Kier alpha value is -3.61. The number of rotatable bonds is 5. The Morgan fingerprint density at radius 2 is 1.88 bits per heavy atom. The van der Waals surface area contributed by atoms with Crippen LogP contribution in [0.15, 0.2) is 82.8 Å². The fraction of sp³-hybridized carbons (Fsp3) is 0.148. The molecule has 0 fully saturated rings. The number of aryl methyl sites for hydroxylation is 1. The average molecular weight is 474 g/mol. The third-order valence-corrected chi connectivity index (χ3v) is 6.37. The van der Waals surface area contributed by atoms with E-state index in [9.17, 15) is 14.3 Å². The van der Waals surface area contributed by atoms with Crippen molar-refractivity contribution in [2.45, 2.75) is 19.5 Å². The molecule has 0 aliphatic carbocycles. The number of hydrogen-bond donors (Lipinski definition) is 1. The summed E-state index contributed by atoms with van der Waals surface area (Å²) in [6.07, 6.45) is 3.40. The van der Waals surface area contributed by atoms with Crippen molar-refractivity contribution >= 4 is 17.3 Å². The van der Waals surface area contributed by atoms with E-state index >= 15 is 0 Å². The summed E-state index contributed by atoms with van der Waals surface area (Å²) < 4.78 is 15.3. The standard InChI is InChI=1S/C27H21ClFN3O2/c1-16-10-20(6-8-30-16)27-22-11-17(2-3-21(22)14-31-27)18-7-9-32(26(34)13-18)25(15-33)19-4-5-23(28)24(29)12-19/h2-13,25,33H,14-15H2,1H3/t25-/m1/s1. The Balaban J connectivity index is 1.50.